The molecule has 1 aromatic rings. The van der Waals surface area contributed by atoms with Gasteiger partial charge in [0.1, 0.15) is 5.82 Å². The largest absolute Gasteiger partial charge is 0.481 e. The monoisotopic (exact) mass is 183 g/mol. The Morgan fingerprint density at radius 1 is 1.38 bits per heavy atom. The predicted molar refractivity (Wildman–Crippen MR) is 49.4 cm³/mol. The highest BCUT2D eigenvalue weighted by atomic mass is 19.1. The number of hydrogen-bond acceptors (Lipinski definition) is 2. The van der Waals surface area contributed by atoms with Crippen LogP contribution in [0.25, 0.3) is 0 Å². The minimum Gasteiger partial charge on any atom is -0.481 e. The summed E-state index contributed by atoms with van der Waals surface area (Å²) in [6.45, 7) is 5.98. The zero-order chi connectivity index (χ0) is 10.1. The topological polar surface area (TPSA) is 22.1 Å². The molecule has 0 amide bonds. The summed E-state index contributed by atoms with van der Waals surface area (Å²) in [5.74, 6) is 0.166. The molecule has 0 N–H and O–H groups in total. The molecule has 0 atom stereocenters. The van der Waals surface area contributed by atoms with Crippen LogP contribution in [0.1, 0.15) is 26.3 Å². The van der Waals surface area contributed by atoms with E-state index in [-0.39, 0.29) is 11.2 Å². The van der Waals surface area contributed by atoms with E-state index in [1.54, 1.807) is 0 Å². The zero-order valence-electron chi connectivity index (χ0n) is 8.39. The summed E-state index contributed by atoms with van der Waals surface area (Å²) in [4.78, 5) is 3.87. The molecule has 1 rings (SSSR count). The van der Waals surface area contributed by atoms with Gasteiger partial charge in [-0.25, -0.2) is 9.37 Å². The molecule has 13 heavy (non-hydrogen) atoms. The number of aromatic nitrogens is 1. The Morgan fingerprint density at radius 3 is 2.46 bits per heavy atom. The lowest BCUT2D eigenvalue weighted by Gasteiger charge is -2.20. The van der Waals surface area contributed by atoms with Crippen LogP contribution in [-0.2, 0) is 5.41 Å². The summed E-state index contributed by atoms with van der Waals surface area (Å²) in [5, 5.41) is 0. The van der Waals surface area contributed by atoms with Crippen molar-refractivity contribution in [3.63, 3.8) is 0 Å². The first-order valence-corrected chi connectivity index (χ1v) is 4.15. The van der Waals surface area contributed by atoms with Crippen LogP contribution >= 0.6 is 0 Å². The van der Waals surface area contributed by atoms with Crippen LogP contribution < -0.4 is 4.74 Å². The number of hydrogen-bond donors (Lipinski definition) is 0. The van der Waals surface area contributed by atoms with Gasteiger partial charge in [0.25, 0.3) is 0 Å². The number of nitrogens with zero attached hydrogens (tertiary/aromatic N) is 1. The van der Waals surface area contributed by atoms with Crippen molar-refractivity contribution in [2.24, 2.45) is 0 Å². The van der Waals surface area contributed by atoms with Crippen molar-refractivity contribution in [2.75, 3.05) is 7.11 Å². The molecular formula is C10H14FNO. The Balaban J connectivity index is 3.24. The Morgan fingerprint density at radius 2 is 2.00 bits per heavy atom. The predicted octanol–water partition coefficient (Wildman–Crippen LogP) is 2.53. The summed E-state index contributed by atoms with van der Waals surface area (Å²) in [5.41, 5.74) is 0.635. The van der Waals surface area contributed by atoms with Crippen molar-refractivity contribution >= 4 is 0 Å². The van der Waals surface area contributed by atoms with Gasteiger partial charge in [-0.3, -0.25) is 0 Å². The Labute approximate surface area is 77.8 Å². The van der Waals surface area contributed by atoms with Crippen LogP contribution in [-0.4, -0.2) is 12.1 Å². The maximum atomic E-state index is 12.9. The smallest absolute Gasteiger partial charge is 0.216 e. The quantitative estimate of drug-likeness (QED) is 0.667. The van der Waals surface area contributed by atoms with Crippen molar-refractivity contribution in [1.29, 1.82) is 0 Å². The molecule has 0 radical (unpaired) electrons. The molecule has 0 unspecified atom stereocenters. The molecular weight excluding hydrogens is 169 g/mol. The average molecular weight is 183 g/mol. The van der Waals surface area contributed by atoms with E-state index in [0.717, 1.165) is 11.8 Å². The lowest BCUT2D eigenvalue weighted by Crippen LogP contribution is -2.14. The average Bonchev–Trinajstić information content (AvgIpc) is 2.03. The van der Waals surface area contributed by atoms with Crippen LogP contribution in [0.15, 0.2) is 12.3 Å². The molecule has 0 aromatic carbocycles. The summed E-state index contributed by atoms with van der Waals surface area (Å²) < 4.78 is 17.9. The van der Waals surface area contributed by atoms with Gasteiger partial charge in [0.2, 0.25) is 5.88 Å². The van der Waals surface area contributed by atoms with Gasteiger partial charge in [0.15, 0.2) is 0 Å². The molecule has 0 bridgehead atoms. The van der Waals surface area contributed by atoms with Gasteiger partial charge in [-0.05, 0) is 11.5 Å². The Hall–Kier alpha value is -1.12. The Kier molecular flexibility index (Phi) is 2.55. The lowest BCUT2D eigenvalue weighted by atomic mass is 9.88. The molecule has 0 spiro atoms. The van der Waals surface area contributed by atoms with Gasteiger partial charge in [-0.1, -0.05) is 20.8 Å². The van der Waals surface area contributed by atoms with Gasteiger partial charge in [-0.15, -0.1) is 0 Å². The second-order valence-electron chi connectivity index (χ2n) is 3.96. The fourth-order valence-corrected chi connectivity index (χ4v) is 1.13. The minimum absolute atomic E-state index is 0.152. The van der Waals surface area contributed by atoms with E-state index < -0.39 is 0 Å². The van der Waals surface area contributed by atoms with Crippen LogP contribution in [0.4, 0.5) is 4.39 Å². The summed E-state index contributed by atoms with van der Waals surface area (Å²) in [6.07, 6.45) is 1.16. The Bertz CT molecular complexity index is 304. The van der Waals surface area contributed by atoms with Crippen molar-refractivity contribution in [3.05, 3.63) is 23.6 Å². The second kappa shape index (κ2) is 3.32. The summed E-state index contributed by atoms with van der Waals surface area (Å²) in [6, 6.07) is 1.46. The maximum absolute atomic E-state index is 12.9. The first-order chi connectivity index (χ1) is 5.95. The lowest BCUT2D eigenvalue weighted by molar-refractivity contribution is 0.378. The van der Waals surface area contributed by atoms with E-state index in [9.17, 15) is 4.39 Å². The summed E-state index contributed by atoms with van der Waals surface area (Å²) in [7, 11) is 1.54. The van der Waals surface area contributed by atoms with Gasteiger partial charge in [0, 0.05) is 5.56 Å². The van der Waals surface area contributed by atoms with Gasteiger partial charge >= 0.3 is 0 Å². The zero-order valence-corrected chi connectivity index (χ0v) is 8.39. The molecule has 0 aliphatic carbocycles. The van der Waals surface area contributed by atoms with Gasteiger partial charge in [0.05, 0.1) is 13.3 Å². The molecule has 0 aliphatic rings. The van der Waals surface area contributed by atoms with Crippen molar-refractivity contribution < 1.29 is 9.13 Å². The van der Waals surface area contributed by atoms with Crippen molar-refractivity contribution in [1.82, 2.24) is 4.98 Å². The second-order valence-corrected chi connectivity index (χ2v) is 3.96. The highest BCUT2D eigenvalue weighted by Crippen LogP contribution is 2.29. The molecule has 0 saturated carbocycles. The van der Waals surface area contributed by atoms with Crippen LogP contribution in [0.5, 0.6) is 5.88 Å². The minimum atomic E-state index is -0.328. The van der Waals surface area contributed by atoms with Gasteiger partial charge < -0.3 is 4.74 Å². The summed E-state index contributed by atoms with van der Waals surface area (Å²) >= 11 is 0. The number of pyridine rings is 1. The maximum Gasteiger partial charge on any atom is 0.216 e. The van der Waals surface area contributed by atoms with Crippen LogP contribution in [0, 0.1) is 5.82 Å². The van der Waals surface area contributed by atoms with Gasteiger partial charge in [-0.2, -0.15) is 0 Å². The van der Waals surface area contributed by atoms with Crippen LogP contribution in [0.2, 0.25) is 0 Å². The number of methoxy groups -OCH3 is 1. The van der Waals surface area contributed by atoms with Crippen molar-refractivity contribution in [2.45, 2.75) is 26.2 Å². The fraction of sp³-hybridized carbons (Fsp3) is 0.500. The molecule has 72 valence electrons. The fourth-order valence-electron chi connectivity index (χ4n) is 1.13. The number of rotatable bonds is 1. The SMILES string of the molecule is COc1ncc(F)cc1C(C)(C)C. The highest BCUT2D eigenvalue weighted by molar-refractivity contribution is 5.32. The highest BCUT2D eigenvalue weighted by Gasteiger charge is 2.20. The molecule has 1 aromatic heterocycles. The molecule has 0 aliphatic heterocycles. The standard InChI is InChI=1S/C10H14FNO/c1-10(2,3)8-5-7(11)6-12-9(8)13-4/h5-6H,1-4H3. The third-order valence-electron chi connectivity index (χ3n) is 1.82. The van der Waals surface area contributed by atoms with E-state index in [1.165, 1.54) is 13.2 Å². The van der Waals surface area contributed by atoms with E-state index in [4.69, 9.17) is 4.74 Å². The van der Waals surface area contributed by atoms with E-state index in [0.29, 0.717) is 5.88 Å². The third-order valence-corrected chi connectivity index (χ3v) is 1.82. The first-order valence-electron chi connectivity index (χ1n) is 4.15. The van der Waals surface area contributed by atoms with Crippen molar-refractivity contribution in [3.8, 4) is 5.88 Å². The van der Waals surface area contributed by atoms with E-state index >= 15 is 0 Å². The molecule has 0 fully saturated rings. The first kappa shape index (κ1) is 9.96. The number of ether oxygens (including phenoxy) is 1. The molecule has 2 nitrogen and oxygen atoms in total. The number of halogens is 1. The molecule has 1 heterocycles. The normalized spacial score (nSPS) is 11.5. The molecule has 3 heteroatoms. The third kappa shape index (κ3) is 2.17. The van der Waals surface area contributed by atoms with E-state index in [1.807, 2.05) is 20.8 Å². The van der Waals surface area contributed by atoms with E-state index in [2.05, 4.69) is 4.98 Å². The molecule has 0 saturated heterocycles. The van der Waals surface area contributed by atoms with Crippen LogP contribution in [0.3, 0.4) is 0 Å².